The number of benzene rings is 1. The minimum Gasteiger partial charge on any atom is -0.353 e. The molecule has 0 unspecified atom stereocenters. The molecule has 10 heteroatoms. The Hall–Kier alpha value is -1.32. The molecule has 1 N–H and O–H groups in total. The fraction of sp³-hybridized carbons (Fsp3) is 0.611. The van der Waals surface area contributed by atoms with Gasteiger partial charge in [0.15, 0.2) is 0 Å². The molecule has 1 aromatic rings. The maximum absolute atomic E-state index is 12.9. The predicted octanol–water partition coefficient (Wildman–Crippen LogP) is 3.36. The number of hydrogen-bond donors (Lipinski definition) is 1. The van der Waals surface area contributed by atoms with Crippen LogP contribution in [0.25, 0.3) is 0 Å². The van der Waals surface area contributed by atoms with Crippen LogP contribution in [0.2, 0.25) is 5.02 Å². The van der Waals surface area contributed by atoms with E-state index >= 15 is 0 Å². The van der Waals surface area contributed by atoms with Gasteiger partial charge in [-0.05, 0) is 49.8 Å². The van der Waals surface area contributed by atoms with Gasteiger partial charge in [-0.1, -0.05) is 17.7 Å². The molecule has 1 aromatic carbocycles. The van der Waals surface area contributed by atoms with Crippen LogP contribution in [-0.4, -0.2) is 43.0 Å². The second-order valence-corrected chi connectivity index (χ2v) is 9.82. The summed E-state index contributed by atoms with van der Waals surface area (Å²) in [6.07, 6.45) is -0.407. The van der Waals surface area contributed by atoms with Crippen LogP contribution in [0.1, 0.15) is 43.2 Å². The summed E-state index contributed by atoms with van der Waals surface area (Å²) in [5.74, 6) is -0.249. The number of aryl methyl sites for hydroxylation is 1. The number of halogens is 4. The number of alkyl halides is 3. The smallest absolute Gasteiger partial charge is 0.353 e. The summed E-state index contributed by atoms with van der Waals surface area (Å²) < 4.78 is 64.1. The van der Waals surface area contributed by atoms with Crippen molar-refractivity contribution in [3.8, 4) is 0 Å². The normalized spacial score (nSPS) is 25.7. The standard InChI is InChI=1S/C18H22ClF3N2O3S/c1-28(26,27)24-13-4-5-14(24)10-12(9-13)23-17(25)7-3-11-2-6-16(19)15(8-11)18(20,21)22/h2,6,8,12-14H,3-5,7,9-10H2,1H3,(H,23,25)/t13-,14-/m0/s1. The van der Waals surface area contributed by atoms with Crippen molar-refractivity contribution in [1.29, 1.82) is 0 Å². The predicted molar refractivity (Wildman–Crippen MR) is 99.4 cm³/mol. The van der Waals surface area contributed by atoms with Crippen LogP contribution in [0.15, 0.2) is 18.2 Å². The molecule has 2 saturated heterocycles. The highest BCUT2D eigenvalue weighted by atomic mass is 35.5. The lowest BCUT2D eigenvalue weighted by Gasteiger charge is -2.37. The van der Waals surface area contributed by atoms with Crippen molar-refractivity contribution in [2.24, 2.45) is 0 Å². The molecule has 5 nitrogen and oxygen atoms in total. The molecule has 2 heterocycles. The Morgan fingerprint density at radius 3 is 2.39 bits per heavy atom. The number of amides is 1. The molecule has 3 rings (SSSR count). The van der Waals surface area contributed by atoms with E-state index < -0.39 is 21.8 Å². The third-order valence-corrected chi connectivity index (χ3v) is 7.08. The maximum Gasteiger partial charge on any atom is 0.417 e. The fourth-order valence-corrected chi connectivity index (χ4v) is 5.99. The molecule has 0 spiro atoms. The van der Waals surface area contributed by atoms with E-state index in [0.717, 1.165) is 18.9 Å². The highest BCUT2D eigenvalue weighted by molar-refractivity contribution is 7.88. The number of fused-ring (bicyclic) bond motifs is 2. The molecule has 2 aliphatic rings. The molecule has 2 bridgehead atoms. The summed E-state index contributed by atoms with van der Waals surface area (Å²) in [6, 6.07) is 3.35. The highest BCUT2D eigenvalue weighted by Gasteiger charge is 2.45. The minimum atomic E-state index is -4.54. The Balaban J connectivity index is 1.55. The number of sulfonamides is 1. The zero-order valence-corrected chi connectivity index (χ0v) is 16.9. The molecule has 2 fully saturated rings. The van der Waals surface area contributed by atoms with Gasteiger partial charge >= 0.3 is 6.18 Å². The Bertz CT molecular complexity index is 846. The van der Waals surface area contributed by atoms with Crippen molar-refractivity contribution in [1.82, 2.24) is 9.62 Å². The zero-order chi connectivity index (χ0) is 20.7. The third-order valence-electron chi connectivity index (χ3n) is 5.39. The molecule has 2 atom stereocenters. The number of carbonyl (C=O) groups excluding carboxylic acids is 1. The average Bonchev–Trinajstić information content (AvgIpc) is 2.85. The first-order valence-electron chi connectivity index (χ1n) is 9.08. The summed E-state index contributed by atoms with van der Waals surface area (Å²) >= 11 is 5.60. The first kappa shape index (κ1) is 21.4. The van der Waals surface area contributed by atoms with Crippen molar-refractivity contribution >= 4 is 27.5 Å². The summed E-state index contributed by atoms with van der Waals surface area (Å²) in [4.78, 5) is 12.3. The van der Waals surface area contributed by atoms with E-state index in [-0.39, 0.29) is 41.9 Å². The van der Waals surface area contributed by atoms with Crippen LogP contribution in [0.4, 0.5) is 13.2 Å². The number of rotatable bonds is 5. The Kier molecular flexibility index (Phi) is 5.99. The molecule has 156 valence electrons. The molecule has 0 radical (unpaired) electrons. The van der Waals surface area contributed by atoms with Crippen molar-refractivity contribution < 1.29 is 26.4 Å². The van der Waals surface area contributed by atoms with E-state index in [4.69, 9.17) is 11.6 Å². The van der Waals surface area contributed by atoms with E-state index in [1.54, 1.807) is 4.31 Å². The summed E-state index contributed by atoms with van der Waals surface area (Å²) in [5.41, 5.74) is -0.518. The van der Waals surface area contributed by atoms with Crippen LogP contribution >= 0.6 is 11.6 Å². The van der Waals surface area contributed by atoms with Gasteiger partial charge in [0, 0.05) is 24.5 Å². The van der Waals surface area contributed by atoms with Gasteiger partial charge in [-0.3, -0.25) is 4.79 Å². The van der Waals surface area contributed by atoms with Crippen LogP contribution < -0.4 is 5.32 Å². The van der Waals surface area contributed by atoms with Gasteiger partial charge < -0.3 is 5.32 Å². The van der Waals surface area contributed by atoms with Crippen LogP contribution in [0.3, 0.4) is 0 Å². The number of hydrogen-bond acceptors (Lipinski definition) is 3. The zero-order valence-electron chi connectivity index (χ0n) is 15.3. The van der Waals surface area contributed by atoms with Crippen LogP contribution in [0.5, 0.6) is 0 Å². The van der Waals surface area contributed by atoms with Crippen molar-refractivity contribution in [2.75, 3.05) is 6.26 Å². The molecular weight excluding hydrogens is 417 g/mol. The quantitative estimate of drug-likeness (QED) is 0.766. The number of nitrogens with zero attached hydrogens (tertiary/aromatic N) is 1. The lowest BCUT2D eigenvalue weighted by molar-refractivity contribution is -0.137. The summed E-state index contributed by atoms with van der Waals surface area (Å²) in [7, 11) is -3.26. The summed E-state index contributed by atoms with van der Waals surface area (Å²) in [5, 5.41) is 2.54. The van der Waals surface area contributed by atoms with Crippen molar-refractivity contribution in [3.63, 3.8) is 0 Å². The van der Waals surface area contributed by atoms with Crippen LogP contribution in [-0.2, 0) is 27.4 Å². The lowest BCUT2D eigenvalue weighted by atomic mass is 9.99. The van der Waals surface area contributed by atoms with Gasteiger partial charge in [-0.15, -0.1) is 0 Å². The van der Waals surface area contributed by atoms with Crippen molar-refractivity contribution in [3.05, 3.63) is 34.3 Å². The number of carbonyl (C=O) groups is 1. The van der Waals surface area contributed by atoms with E-state index in [1.807, 2.05) is 0 Å². The first-order chi connectivity index (χ1) is 12.9. The molecule has 2 aliphatic heterocycles. The van der Waals surface area contributed by atoms with Gasteiger partial charge in [-0.25, -0.2) is 8.42 Å². The molecule has 28 heavy (non-hydrogen) atoms. The molecule has 0 aliphatic carbocycles. The van der Waals surface area contributed by atoms with Crippen LogP contribution in [0, 0.1) is 0 Å². The summed E-state index contributed by atoms with van der Waals surface area (Å²) in [6.45, 7) is 0. The second kappa shape index (κ2) is 7.84. The lowest BCUT2D eigenvalue weighted by Crippen LogP contribution is -2.52. The fourth-order valence-electron chi connectivity index (χ4n) is 4.30. The van der Waals surface area contributed by atoms with E-state index in [2.05, 4.69) is 5.32 Å². The van der Waals surface area contributed by atoms with E-state index in [9.17, 15) is 26.4 Å². The van der Waals surface area contributed by atoms with Gasteiger partial charge in [0.05, 0.1) is 16.8 Å². The maximum atomic E-state index is 12.9. The minimum absolute atomic E-state index is 0.0561. The largest absolute Gasteiger partial charge is 0.417 e. The van der Waals surface area contributed by atoms with E-state index in [0.29, 0.717) is 18.4 Å². The highest BCUT2D eigenvalue weighted by Crippen LogP contribution is 2.38. The second-order valence-electron chi connectivity index (χ2n) is 7.53. The topological polar surface area (TPSA) is 66.5 Å². The SMILES string of the molecule is CS(=O)(=O)N1[C@H]2CC[C@H]1CC(NC(=O)CCc1ccc(Cl)c(C(F)(F)F)c1)C2. The monoisotopic (exact) mass is 438 g/mol. The van der Waals surface area contributed by atoms with Gasteiger partial charge in [0.1, 0.15) is 0 Å². The average molecular weight is 439 g/mol. The Morgan fingerprint density at radius 1 is 1.25 bits per heavy atom. The Labute approximate surface area is 167 Å². The molecule has 1 amide bonds. The van der Waals surface area contributed by atoms with Gasteiger partial charge in [0.2, 0.25) is 15.9 Å². The number of nitrogens with one attached hydrogen (secondary N) is 1. The van der Waals surface area contributed by atoms with Gasteiger partial charge in [-0.2, -0.15) is 17.5 Å². The first-order valence-corrected chi connectivity index (χ1v) is 11.3. The Morgan fingerprint density at radius 2 is 1.86 bits per heavy atom. The third kappa shape index (κ3) is 4.80. The molecular formula is C18H22ClF3N2O3S. The van der Waals surface area contributed by atoms with Crippen molar-refractivity contribution in [2.45, 2.75) is 62.8 Å². The molecule has 0 saturated carbocycles. The van der Waals surface area contributed by atoms with E-state index in [1.165, 1.54) is 18.4 Å². The number of piperidine rings is 1. The van der Waals surface area contributed by atoms with Gasteiger partial charge in [0.25, 0.3) is 0 Å². The molecule has 0 aromatic heterocycles.